The Labute approximate surface area is 183 Å². The van der Waals surface area contributed by atoms with Crippen molar-refractivity contribution in [1.29, 1.82) is 0 Å². The van der Waals surface area contributed by atoms with Crippen molar-refractivity contribution < 1.29 is 19.1 Å². The van der Waals surface area contributed by atoms with Crippen molar-refractivity contribution in [2.75, 3.05) is 49.6 Å². The maximum atomic E-state index is 12.9. The number of fused-ring (bicyclic) bond motifs is 1. The molecule has 2 aliphatic rings. The van der Waals surface area contributed by atoms with E-state index in [0.29, 0.717) is 25.3 Å². The molecule has 31 heavy (non-hydrogen) atoms. The Balaban J connectivity index is 1.35. The number of carbonyl (C=O) groups excluding carboxylic acids is 2. The van der Waals surface area contributed by atoms with Crippen molar-refractivity contribution in [3.8, 4) is 11.5 Å². The number of hydrogen-bond acceptors (Lipinski definition) is 5. The summed E-state index contributed by atoms with van der Waals surface area (Å²) in [4.78, 5) is 31.5. The summed E-state index contributed by atoms with van der Waals surface area (Å²) in [7, 11) is 1.66. The highest BCUT2D eigenvalue weighted by Crippen LogP contribution is 2.33. The topological polar surface area (TPSA) is 62.3 Å². The first-order valence-electron chi connectivity index (χ1n) is 10.8. The Kier molecular flexibility index (Phi) is 6.30. The van der Waals surface area contributed by atoms with E-state index in [1.165, 1.54) is 0 Å². The lowest BCUT2D eigenvalue weighted by atomic mass is 10.1. The summed E-state index contributed by atoms with van der Waals surface area (Å²) in [6, 6.07) is 15.5. The third-order valence-electron chi connectivity index (χ3n) is 5.91. The molecule has 0 spiro atoms. The molecule has 7 heteroatoms. The number of amides is 2. The molecule has 0 N–H and O–H groups in total. The molecule has 2 aromatic rings. The number of rotatable bonds is 5. The van der Waals surface area contributed by atoms with Gasteiger partial charge in [0.05, 0.1) is 12.8 Å². The average molecular weight is 424 g/mol. The average Bonchev–Trinajstić information content (AvgIpc) is 3.06. The summed E-state index contributed by atoms with van der Waals surface area (Å²) in [5, 5.41) is 0. The second-order valence-corrected chi connectivity index (χ2v) is 7.89. The highest BCUT2D eigenvalue weighted by Gasteiger charge is 2.31. The fourth-order valence-corrected chi connectivity index (χ4v) is 4.17. The van der Waals surface area contributed by atoms with Crippen molar-refractivity contribution in [2.24, 2.45) is 0 Å². The first kappa shape index (κ1) is 21.0. The molecule has 1 atom stereocenters. The Hall–Kier alpha value is -3.22. The summed E-state index contributed by atoms with van der Waals surface area (Å²) in [6.45, 7) is 5.21. The van der Waals surface area contributed by atoms with Crippen LogP contribution in [0.25, 0.3) is 0 Å². The minimum atomic E-state index is -0.541. The van der Waals surface area contributed by atoms with Crippen LogP contribution in [0.1, 0.15) is 19.8 Å². The number of benzene rings is 2. The number of hydrogen-bond donors (Lipinski definition) is 0. The summed E-state index contributed by atoms with van der Waals surface area (Å²) in [6.07, 6.45) is 0.671. The highest BCUT2D eigenvalue weighted by molar-refractivity contribution is 6.00. The minimum absolute atomic E-state index is 0.0843. The molecule has 2 amide bonds. The molecule has 1 unspecified atom stereocenters. The van der Waals surface area contributed by atoms with Gasteiger partial charge in [0.2, 0.25) is 5.91 Å². The lowest BCUT2D eigenvalue weighted by molar-refractivity contribution is -0.131. The lowest BCUT2D eigenvalue weighted by Gasteiger charge is -2.33. The number of anilines is 2. The normalized spacial score (nSPS) is 18.8. The van der Waals surface area contributed by atoms with E-state index < -0.39 is 6.10 Å². The molecule has 0 bridgehead atoms. The van der Waals surface area contributed by atoms with Gasteiger partial charge in [-0.25, -0.2) is 0 Å². The van der Waals surface area contributed by atoms with Gasteiger partial charge in [-0.2, -0.15) is 0 Å². The number of nitrogens with zero attached hydrogens (tertiary/aromatic N) is 3. The van der Waals surface area contributed by atoms with Crippen LogP contribution in [-0.4, -0.2) is 62.7 Å². The maximum absolute atomic E-state index is 12.9. The molecular formula is C24H29N3O4. The standard InChI is InChI=1S/C24H29N3O4/c1-18-24(29)27(21-6-3-4-7-22(21)31-18)15-12-23(28)26-14-5-13-25(16-17-26)19-8-10-20(30-2)11-9-19/h3-4,6-11,18H,5,12-17H2,1-2H3. The molecule has 4 rings (SSSR count). The number of para-hydroxylation sites is 2. The fourth-order valence-electron chi connectivity index (χ4n) is 4.17. The Morgan fingerprint density at radius 3 is 2.61 bits per heavy atom. The first-order valence-corrected chi connectivity index (χ1v) is 10.8. The highest BCUT2D eigenvalue weighted by atomic mass is 16.5. The quantitative estimate of drug-likeness (QED) is 0.740. The van der Waals surface area contributed by atoms with Crippen molar-refractivity contribution in [2.45, 2.75) is 25.9 Å². The monoisotopic (exact) mass is 423 g/mol. The molecule has 2 heterocycles. The zero-order chi connectivity index (χ0) is 21.8. The van der Waals surface area contributed by atoms with Gasteiger partial charge in [0.1, 0.15) is 11.5 Å². The van der Waals surface area contributed by atoms with Gasteiger partial charge in [-0.05, 0) is 49.7 Å². The molecule has 0 aliphatic carbocycles. The lowest BCUT2D eigenvalue weighted by Crippen LogP contribution is -2.46. The number of ether oxygens (including phenoxy) is 2. The predicted octanol–water partition coefficient (Wildman–Crippen LogP) is 2.94. The fraction of sp³-hybridized carbons (Fsp3) is 0.417. The molecule has 0 radical (unpaired) electrons. The van der Waals surface area contributed by atoms with E-state index in [9.17, 15) is 9.59 Å². The molecule has 0 aromatic heterocycles. The molecule has 164 valence electrons. The van der Waals surface area contributed by atoms with Crippen LogP contribution in [0.2, 0.25) is 0 Å². The Morgan fingerprint density at radius 2 is 1.84 bits per heavy atom. The number of carbonyl (C=O) groups is 2. The van der Waals surface area contributed by atoms with Crippen LogP contribution in [0.15, 0.2) is 48.5 Å². The van der Waals surface area contributed by atoms with Crippen LogP contribution in [0.3, 0.4) is 0 Å². The SMILES string of the molecule is COc1ccc(N2CCCN(C(=O)CCN3C(=O)C(C)Oc4ccccc43)CC2)cc1. The zero-order valence-electron chi connectivity index (χ0n) is 18.1. The van der Waals surface area contributed by atoms with Gasteiger partial charge in [0.25, 0.3) is 5.91 Å². The summed E-state index contributed by atoms with van der Waals surface area (Å²) in [5.74, 6) is 1.50. The summed E-state index contributed by atoms with van der Waals surface area (Å²) in [5.41, 5.74) is 1.87. The van der Waals surface area contributed by atoms with E-state index in [0.717, 1.165) is 43.2 Å². The van der Waals surface area contributed by atoms with E-state index in [2.05, 4.69) is 17.0 Å². The molecule has 7 nitrogen and oxygen atoms in total. The third kappa shape index (κ3) is 4.60. The second kappa shape index (κ2) is 9.29. The Morgan fingerprint density at radius 1 is 1.06 bits per heavy atom. The zero-order valence-corrected chi connectivity index (χ0v) is 18.1. The molecule has 2 aromatic carbocycles. The van der Waals surface area contributed by atoms with Crippen molar-refractivity contribution in [3.63, 3.8) is 0 Å². The smallest absolute Gasteiger partial charge is 0.267 e. The van der Waals surface area contributed by atoms with Gasteiger partial charge in [-0.3, -0.25) is 9.59 Å². The second-order valence-electron chi connectivity index (χ2n) is 7.89. The van der Waals surface area contributed by atoms with E-state index in [4.69, 9.17) is 9.47 Å². The van der Waals surface area contributed by atoms with Crippen molar-refractivity contribution in [3.05, 3.63) is 48.5 Å². The van der Waals surface area contributed by atoms with Gasteiger partial charge in [0, 0.05) is 44.8 Å². The molecule has 0 saturated carbocycles. The summed E-state index contributed by atoms with van der Waals surface area (Å²) < 4.78 is 10.9. The Bertz CT molecular complexity index is 931. The molecule has 1 fully saturated rings. The van der Waals surface area contributed by atoms with E-state index in [-0.39, 0.29) is 11.8 Å². The van der Waals surface area contributed by atoms with E-state index in [1.807, 2.05) is 41.3 Å². The predicted molar refractivity (Wildman–Crippen MR) is 120 cm³/mol. The van der Waals surface area contributed by atoms with Gasteiger partial charge in [-0.15, -0.1) is 0 Å². The largest absolute Gasteiger partial charge is 0.497 e. The minimum Gasteiger partial charge on any atom is -0.497 e. The van der Waals surface area contributed by atoms with Gasteiger partial charge >= 0.3 is 0 Å². The van der Waals surface area contributed by atoms with Gasteiger partial charge < -0.3 is 24.2 Å². The third-order valence-corrected chi connectivity index (χ3v) is 5.91. The van der Waals surface area contributed by atoms with Crippen LogP contribution in [0.4, 0.5) is 11.4 Å². The van der Waals surface area contributed by atoms with Crippen molar-refractivity contribution >= 4 is 23.2 Å². The van der Waals surface area contributed by atoms with Crippen LogP contribution < -0.4 is 19.3 Å². The maximum Gasteiger partial charge on any atom is 0.267 e. The van der Waals surface area contributed by atoms with Crippen LogP contribution >= 0.6 is 0 Å². The van der Waals surface area contributed by atoms with E-state index in [1.54, 1.807) is 18.9 Å². The van der Waals surface area contributed by atoms with Gasteiger partial charge in [0.15, 0.2) is 6.10 Å². The number of methoxy groups -OCH3 is 1. The molecular weight excluding hydrogens is 394 g/mol. The molecule has 1 saturated heterocycles. The van der Waals surface area contributed by atoms with Crippen LogP contribution in [0.5, 0.6) is 11.5 Å². The van der Waals surface area contributed by atoms with Crippen LogP contribution in [-0.2, 0) is 9.59 Å². The van der Waals surface area contributed by atoms with E-state index >= 15 is 0 Å². The molecule has 2 aliphatic heterocycles. The van der Waals surface area contributed by atoms with Gasteiger partial charge in [-0.1, -0.05) is 12.1 Å². The first-order chi connectivity index (χ1) is 15.1. The van der Waals surface area contributed by atoms with Crippen molar-refractivity contribution in [1.82, 2.24) is 4.90 Å². The summed E-state index contributed by atoms with van der Waals surface area (Å²) >= 11 is 0. The van der Waals surface area contributed by atoms with Crippen LogP contribution in [0, 0.1) is 0 Å².